The number of amides is 1. The third kappa shape index (κ3) is 5.84. The standard InChI is InChI=1S/C24H33N3O3S2/c1-15-10-11-18(13-21(15)32(30)27-19-8-5-9-20(28)14-19)23-16(2)25-24(31-23)26-22(29)12-17-6-3-4-7-17/h10-11,13,17,19-20,27-28H,3-9,12,14H2,1-2H3,(H,25,26,29). The molecule has 3 atom stereocenters. The summed E-state index contributed by atoms with van der Waals surface area (Å²) in [5.41, 5.74) is 2.77. The van der Waals surface area contributed by atoms with Gasteiger partial charge in [0.1, 0.15) is 11.0 Å². The Bertz CT molecular complexity index is 985. The lowest BCUT2D eigenvalue weighted by molar-refractivity contribution is -0.117. The lowest BCUT2D eigenvalue weighted by Crippen LogP contribution is -2.37. The summed E-state index contributed by atoms with van der Waals surface area (Å²) in [4.78, 5) is 18.7. The fourth-order valence-electron chi connectivity index (χ4n) is 4.79. The van der Waals surface area contributed by atoms with E-state index < -0.39 is 11.0 Å². The number of aliphatic hydroxyl groups is 1. The highest BCUT2D eigenvalue weighted by Gasteiger charge is 2.23. The smallest absolute Gasteiger partial charge is 0.226 e. The van der Waals surface area contributed by atoms with Crippen LogP contribution in [0.3, 0.4) is 0 Å². The van der Waals surface area contributed by atoms with Crippen molar-refractivity contribution in [1.29, 1.82) is 0 Å². The van der Waals surface area contributed by atoms with Crippen molar-refractivity contribution in [3.05, 3.63) is 29.5 Å². The van der Waals surface area contributed by atoms with Crippen molar-refractivity contribution in [3.8, 4) is 10.4 Å². The average molecular weight is 476 g/mol. The van der Waals surface area contributed by atoms with Crippen molar-refractivity contribution < 1.29 is 14.1 Å². The number of anilines is 1. The number of rotatable bonds is 7. The van der Waals surface area contributed by atoms with Crippen LogP contribution in [0.15, 0.2) is 23.1 Å². The van der Waals surface area contributed by atoms with E-state index in [2.05, 4.69) is 15.0 Å². The van der Waals surface area contributed by atoms with Crippen molar-refractivity contribution in [1.82, 2.24) is 9.71 Å². The lowest BCUT2D eigenvalue weighted by atomic mass is 9.94. The fraction of sp³-hybridized carbons (Fsp3) is 0.583. The van der Waals surface area contributed by atoms with Crippen molar-refractivity contribution in [2.75, 3.05) is 5.32 Å². The largest absolute Gasteiger partial charge is 0.393 e. The second-order valence-corrected chi connectivity index (χ2v) is 11.4. The predicted molar refractivity (Wildman–Crippen MR) is 130 cm³/mol. The molecule has 1 amide bonds. The molecule has 0 bridgehead atoms. The molecule has 8 heteroatoms. The predicted octanol–water partition coefficient (Wildman–Crippen LogP) is 4.86. The highest BCUT2D eigenvalue weighted by atomic mass is 32.2. The monoisotopic (exact) mass is 475 g/mol. The Hall–Kier alpha value is -1.61. The SMILES string of the molecule is Cc1ccc(-c2sc(NC(=O)CC3CCCC3)nc2C)cc1S(=O)NC1CCCC(O)C1. The summed E-state index contributed by atoms with van der Waals surface area (Å²) in [6.07, 6.45) is 8.35. The number of nitrogens with one attached hydrogen (secondary N) is 2. The third-order valence-corrected chi connectivity index (χ3v) is 9.07. The summed E-state index contributed by atoms with van der Waals surface area (Å²) in [5, 5.41) is 13.5. The molecule has 3 N–H and O–H groups in total. The maximum atomic E-state index is 13.1. The lowest BCUT2D eigenvalue weighted by Gasteiger charge is -2.26. The molecule has 2 fully saturated rings. The minimum atomic E-state index is -1.35. The minimum Gasteiger partial charge on any atom is -0.393 e. The second kappa shape index (κ2) is 10.5. The van der Waals surface area contributed by atoms with Crippen LogP contribution in [0.2, 0.25) is 0 Å². The number of carbonyl (C=O) groups excluding carboxylic acids is 1. The summed E-state index contributed by atoms with van der Waals surface area (Å²) in [6, 6.07) is 6.03. The van der Waals surface area contributed by atoms with E-state index in [4.69, 9.17) is 0 Å². The van der Waals surface area contributed by atoms with Crippen molar-refractivity contribution in [2.45, 2.75) is 88.7 Å². The van der Waals surface area contributed by atoms with Gasteiger partial charge in [-0.3, -0.25) is 4.79 Å². The zero-order valence-corrected chi connectivity index (χ0v) is 20.5. The number of aryl methyl sites for hydroxylation is 2. The highest BCUT2D eigenvalue weighted by Crippen LogP contribution is 2.35. The maximum Gasteiger partial charge on any atom is 0.226 e. The van der Waals surface area contributed by atoms with Gasteiger partial charge in [0.25, 0.3) is 0 Å². The summed E-state index contributed by atoms with van der Waals surface area (Å²) >= 11 is 1.47. The van der Waals surface area contributed by atoms with Crippen LogP contribution in [0.25, 0.3) is 10.4 Å². The first-order valence-electron chi connectivity index (χ1n) is 11.6. The van der Waals surface area contributed by atoms with Crippen LogP contribution in [0, 0.1) is 19.8 Å². The summed E-state index contributed by atoms with van der Waals surface area (Å²) in [6.45, 7) is 3.90. The molecule has 1 aromatic carbocycles. The zero-order chi connectivity index (χ0) is 22.7. The Morgan fingerprint density at radius 3 is 2.72 bits per heavy atom. The molecule has 1 heterocycles. The molecule has 3 unspecified atom stereocenters. The Morgan fingerprint density at radius 2 is 1.97 bits per heavy atom. The number of thiazole rings is 1. The van der Waals surface area contributed by atoms with Gasteiger partial charge in [-0.25, -0.2) is 13.9 Å². The Kier molecular flexibility index (Phi) is 7.76. The van der Waals surface area contributed by atoms with Crippen LogP contribution in [0.1, 0.15) is 69.0 Å². The average Bonchev–Trinajstić information content (AvgIpc) is 3.37. The van der Waals surface area contributed by atoms with E-state index in [9.17, 15) is 14.1 Å². The number of aliphatic hydroxyl groups excluding tert-OH is 1. The second-order valence-electron chi connectivity index (χ2n) is 9.22. The first-order chi connectivity index (χ1) is 15.4. The molecule has 0 spiro atoms. The van der Waals surface area contributed by atoms with E-state index in [-0.39, 0.29) is 18.1 Å². The number of aromatic nitrogens is 1. The van der Waals surface area contributed by atoms with Gasteiger partial charge < -0.3 is 10.4 Å². The zero-order valence-electron chi connectivity index (χ0n) is 18.9. The quantitative estimate of drug-likeness (QED) is 0.533. The summed E-state index contributed by atoms with van der Waals surface area (Å²) in [5.74, 6) is 0.546. The van der Waals surface area contributed by atoms with Crippen molar-refractivity contribution in [3.63, 3.8) is 0 Å². The number of benzene rings is 1. The molecule has 1 aromatic heterocycles. The van der Waals surface area contributed by atoms with Gasteiger partial charge >= 0.3 is 0 Å². The van der Waals surface area contributed by atoms with Crippen LogP contribution in [-0.4, -0.2) is 32.4 Å². The van der Waals surface area contributed by atoms with Gasteiger partial charge in [0.2, 0.25) is 5.91 Å². The molecule has 32 heavy (non-hydrogen) atoms. The first kappa shape index (κ1) is 23.5. The first-order valence-corrected chi connectivity index (χ1v) is 13.6. The van der Waals surface area contributed by atoms with E-state index in [0.29, 0.717) is 23.9 Å². The molecule has 4 rings (SSSR count). The summed E-state index contributed by atoms with van der Waals surface area (Å²) in [7, 11) is -1.35. The topological polar surface area (TPSA) is 91.3 Å². The van der Waals surface area contributed by atoms with Crippen molar-refractivity contribution in [2.24, 2.45) is 5.92 Å². The van der Waals surface area contributed by atoms with Gasteiger partial charge in [0.15, 0.2) is 5.13 Å². The Balaban J connectivity index is 1.46. The number of hydrogen-bond acceptors (Lipinski definition) is 5. The molecule has 6 nitrogen and oxygen atoms in total. The molecule has 2 aromatic rings. The molecule has 0 saturated heterocycles. The van der Waals surface area contributed by atoms with Crippen LogP contribution in [0.5, 0.6) is 0 Å². The number of nitrogens with zero attached hydrogens (tertiary/aromatic N) is 1. The molecule has 2 aliphatic rings. The molecule has 2 saturated carbocycles. The highest BCUT2D eigenvalue weighted by molar-refractivity contribution is 7.83. The normalized spacial score (nSPS) is 22.7. The van der Waals surface area contributed by atoms with Crippen LogP contribution in [-0.2, 0) is 15.8 Å². The van der Waals surface area contributed by atoms with Crippen molar-refractivity contribution >= 4 is 33.4 Å². The van der Waals surface area contributed by atoms with Gasteiger partial charge in [0, 0.05) is 12.5 Å². The minimum absolute atomic E-state index is 0.0433. The van der Waals surface area contributed by atoms with Gasteiger partial charge in [0.05, 0.1) is 21.6 Å². The molecule has 2 aliphatic carbocycles. The van der Waals surface area contributed by atoms with Crippen LogP contribution >= 0.6 is 11.3 Å². The van der Waals surface area contributed by atoms with Crippen LogP contribution < -0.4 is 10.0 Å². The van der Waals surface area contributed by atoms with E-state index in [1.54, 1.807) is 0 Å². The molecular formula is C24H33N3O3S2. The van der Waals surface area contributed by atoms with Gasteiger partial charge in [-0.2, -0.15) is 0 Å². The van der Waals surface area contributed by atoms with E-state index >= 15 is 0 Å². The van der Waals surface area contributed by atoms with E-state index in [1.165, 1.54) is 24.2 Å². The van der Waals surface area contributed by atoms with E-state index in [0.717, 1.165) is 58.7 Å². The fourth-order valence-corrected chi connectivity index (χ4v) is 7.01. The summed E-state index contributed by atoms with van der Waals surface area (Å²) < 4.78 is 16.3. The van der Waals surface area contributed by atoms with E-state index in [1.807, 2.05) is 32.0 Å². The van der Waals surface area contributed by atoms with Gasteiger partial charge in [-0.05, 0) is 75.5 Å². The molecular weight excluding hydrogens is 442 g/mol. The maximum absolute atomic E-state index is 13.1. The van der Waals surface area contributed by atoms with Gasteiger partial charge in [-0.1, -0.05) is 36.3 Å². The number of hydrogen-bond donors (Lipinski definition) is 3. The van der Waals surface area contributed by atoms with Gasteiger partial charge in [-0.15, -0.1) is 0 Å². The molecule has 174 valence electrons. The third-order valence-electron chi connectivity index (χ3n) is 6.56. The Labute approximate surface area is 196 Å². The van der Waals surface area contributed by atoms with Crippen LogP contribution in [0.4, 0.5) is 5.13 Å². The number of carbonyl (C=O) groups is 1. The Morgan fingerprint density at radius 1 is 1.19 bits per heavy atom. The molecule has 0 aliphatic heterocycles. The molecule has 0 radical (unpaired) electrons.